The molecule has 2 saturated heterocycles. The number of alkyl carbamates (subject to hydrolysis) is 1. The minimum Gasteiger partial charge on any atom is -0.457 e. The number of allylic oxidation sites excluding steroid dienone is 3. The van der Waals surface area contributed by atoms with Crippen molar-refractivity contribution in [1.29, 1.82) is 0 Å². The number of carbonyl (C=O) groups is 3. The van der Waals surface area contributed by atoms with Crippen molar-refractivity contribution in [2.75, 3.05) is 19.0 Å². The van der Waals surface area contributed by atoms with Crippen molar-refractivity contribution in [1.82, 2.24) is 10.6 Å². The van der Waals surface area contributed by atoms with E-state index in [1.165, 1.54) is 4.90 Å². The number of anilines is 1. The molecule has 3 aliphatic heterocycles. The maximum Gasteiger partial charge on any atom is 0.409 e. The van der Waals surface area contributed by atoms with Gasteiger partial charge in [0.15, 0.2) is 0 Å². The molecule has 1 aromatic carbocycles. The Morgan fingerprint density at radius 2 is 1.98 bits per heavy atom. The molecule has 11 heteroatoms. The third-order valence-electron chi connectivity index (χ3n) is 9.13. The van der Waals surface area contributed by atoms with Crippen molar-refractivity contribution in [2.24, 2.45) is 11.8 Å². The van der Waals surface area contributed by atoms with Crippen molar-refractivity contribution in [3.05, 3.63) is 52.1 Å². The lowest BCUT2D eigenvalue weighted by Crippen LogP contribution is -2.60. The Bertz CT molecular complexity index is 1330. The van der Waals surface area contributed by atoms with Gasteiger partial charge in [0.25, 0.3) is 0 Å². The number of fused-ring (bicyclic) bond motifs is 5. The minimum absolute atomic E-state index is 0.122. The lowest BCUT2D eigenvalue weighted by atomic mass is 9.82. The Labute approximate surface area is 258 Å². The summed E-state index contributed by atoms with van der Waals surface area (Å²) in [5.74, 6) is -1.64. The first-order valence-corrected chi connectivity index (χ1v) is 15.1. The van der Waals surface area contributed by atoms with Crippen molar-refractivity contribution in [2.45, 2.75) is 96.5 Å². The third-order valence-corrected chi connectivity index (χ3v) is 9.63. The number of esters is 1. The molecule has 43 heavy (non-hydrogen) atoms. The minimum atomic E-state index is -1.55. The van der Waals surface area contributed by atoms with Gasteiger partial charge in [-0.2, -0.15) is 0 Å². The van der Waals surface area contributed by atoms with E-state index in [1.807, 2.05) is 58.1 Å². The number of hydrogen-bond donors (Lipinski definition) is 3. The van der Waals surface area contributed by atoms with E-state index in [-0.39, 0.29) is 24.7 Å². The second kappa shape index (κ2) is 12.6. The van der Waals surface area contributed by atoms with E-state index in [0.29, 0.717) is 17.1 Å². The summed E-state index contributed by atoms with van der Waals surface area (Å²) in [5.41, 5.74) is 0.833. The molecule has 7 unspecified atom stereocenters. The molecule has 3 heterocycles. The average molecular weight is 618 g/mol. The van der Waals surface area contributed by atoms with Gasteiger partial charge >= 0.3 is 12.1 Å². The number of aryl methyl sites for hydroxylation is 1. The van der Waals surface area contributed by atoms with Crippen LogP contribution in [0.3, 0.4) is 0 Å². The monoisotopic (exact) mass is 617 g/mol. The zero-order valence-corrected chi connectivity index (χ0v) is 26.9. The van der Waals surface area contributed by atoms with Crippen molar-refractivity contribution >= 4 is 35.3 Å². The fourth-order valence-electron chi connectivity index (χ4n) is 5.91. The van der Waals surface area contributed by atoms with Crippen LogP contribution in [-0.2, 0) is 30.2 Å². The number of likely N-dealkylation sites (N-methyl/N-ethyl adjacent to an activating group) is 1. The number of hydrogen-bond acceptors (Lipinski definition) is 8. The number of nitrogens with zero attached hydrogens (tertiary/aromatic N) is 1. The van der Waals surface area contributed by atoms with Gasteiger partial charge in [-0.1, -0.05) is 55.3 Å². The first kappa shape index (κ1) is 33.0. The summed E-state index contributed by atoms with van der Waals surface area (Å²) >= 11 is 6.70. The molecular weight excluding hydrogens is 574 g/mol. The number of aliphatic hydroxyl groups is 1. The Morgan fingerprint density at radius 1 is 1.28 bits per heavy atom. The van der Waals surface area contributed by atoms with Crippen LogP contribution in [0.4, 0.5) is 10.5 Å². The van der Waals surface area contributed by atoms with Crippen LogP contribution in [0.25, 0.3) is 0 Å². The molecule has 4 bridgehead atoms. The van der Waals surface area contributed by atoms with E-state index in [0.717, 1.165) is 16.7 Å². The molecule has 1 aromatic rings. The van der Waals surface area contributed by atoms with Crippen LogP contribution >= 0.6 is 11.6 Å². The van der Waals surface area contributed by atoms with Gasteiger partial charge < -0.3 is 29.5 Å². The van der Waals surface area contributed by atoms with Gasteiger partial charge in [0.05, 0.1) is 23.2 Å². The lowest BCUT2D eigenvalue weighted by molar-refractivity contribution is -0.155. The van der Waals surface area contributed by atoms with Gasteiger partial charge in [-0.3, -0.25) is 14.9 Å². The number of nitrogens with one attached hydrogen (secondary N) is 2. The van der Waals surface area contributed by atoms with Crippen molar-refractivity contribution < 1.29 is 33.7 Å². The molecule has 236 valence electrons. The summed E-state index contributed by atoms with van der Waals surface area (Å²) in [7, 11) is 3.30. The quantitative estimate of drug-likeness (QED) is 0.340. The molecule has 0 radical (unpaired) electrons. The van der Waals surface area contributed by atoms with Gasteiger partial charge in [-0.15, -0.1) is 0 Å². The molecular formula is C32H44ClN3O7. The zero-order valence-electron chi connectivity index (χ0n) is 26.2. The fraction of sp³-hybridized carbons (Fsp3) is 0.594. The van der Waals surface area contributed by atoms with Crippen LogP contribution < -0.4 is 15.5 Å². The highest BCUT2D eigenvalue weighted by Crippen LogP contribution is 2.49. The van der Waals surface area contributed by atoms with E-state index in [1.54, 1.807) is 27.9 Å². The third kappa shape index (κ3) is 6.93. The van der Waals surface area contributed by atoms with E-state index < -0.39 is 53.7 Å². The van der Waals surface area contributed by atoms with Crippen molar-refractivity contribution in [3.63, 3.8) is 0 Å². The highest BCUT2D eigenvalue weighted by molar-refractivity contribution is 6.34. The topological polar surface area (TPSA) is 130 Å². The molecule has 0 saturated carbocycles. The summed E-state index contributed by atoms with van der Waals surface area (Å²) < 4.78 is 17.7. The SMILES string of the molecule is CN[C@@H](C)C(=O)OC1CC(=O)N(C)c2cc(cc(C)c2Cl)C/C(C)=C/C=C/C(C)C2(O)CC(OC(=O)N2)C(C)C2OC12C. The molecule has 3 aliphatic rings. The Morgan fingerprint density at radius 3 is 2.65 bits per heavy atom. The number of ether oxygens (including phenoxy) is 3. The Balaban J connectivity index is 1.76. The summed E-state index contributed by atoms with van der Waals surface area (Å²) in [4.78, 5) is 40.8. The molecule has 2 fully saturated rings. The second-order valence-electron chi connectivity index (χ2n) is 12.5. The molecule has 0 aliphatic carbocycles. The normalized spacial score (nSPS) is 35.9. The smallest absolute Gasteiger partial charge is 0.409 e. The highest BCUT2D eigenvalue weighted by atomic mass is 35.5. The first-order chi connectivity index (χ1) is 20.1. The first-order valence-electron chi connectivity index (χ1n) is 14.8. The predicted molar refractivity (Wildman–Crippen MR) is 164 cm³/mol. The number of amides is 2. The molecule has 4 rings (SSSR count). The van der Waals surface area contributed by atoms with Crippen LogP contribution in [0.5, 0.6) is 0 Å². The number of halogens is 1. The molecule has 0 aromatic heterocycles. The maximum absolute atomic E-state index is 13.8. The zero-order chi connectivity index (χ0) is 31.9. The summed E-state index contributed by atoms with van der Waals surface area (Å²) in [6.45, 7) is 11.1. The Hall–Kier alpha value is -2.92. The Kier molecular flexibility index (Phi) is 9.66. The molecule has 8 atom stereocenters. The van der Waals surface area contributed by atoms with E-state index in [4.69, 9.17) is 25.8 Å². The van der Waals surface area contributed by atoms with Crippen LogP contribution in [0.2, 0.25) is 5.02 Å². The van der Waals surface area contributed by atoms with E-state index >= 15 is 0 Å². The van der Waals surface area contributed by atoms with Gasteiger partial charge in [0.2, 0.25) is 5.91 Å². The number of epoxide rings is 1. The van der Waals surface area contributed by atoms with Gasteiger partial charge in [0.1, 0.15) is 29.6 Å². The van der Waals surface area contributed by atoms with Crippen LogP contribution in [-0.4, -0.2) is 72.9 Å². The summed E-state index contributed by atoms with van der Waals surface area (Å²) in [6, 6.07) is 3.28. The summed E-state index contributed by atoms with van der Waals surface area (Å²) in [6.07, 6.45) is 3.40. The number of benzene rings is 1. The number of rotatable bonds is 3. The van der Waals surface area contributed by atoms with E-state index in [2.05, 4.69) is 10.6 Å². The van der Waals surface area contributed by atoms with Crippen LogP contribution in [0, 0.1) is 18.8 Å². The van der Waals surface area contributed by atoms with Gasteiger partial charge in [0, 0.05) is 25.3 Å². The second-order valence-corrected chi connectivity index (χ2v) is 12.9. The fourth-order valence-corrected chi connectivity index (χ4v) is 6.14. The molecule has 10 nitrogen and oxygen atoms in total. The maximum atomic E-state index is 13.8. The standard InChI is InChI=1S/C32H44ClN3O7/c1-17-10-9-11-19(3)32(40)16-24(41-30(39)35-32)20(4)28-31(6,43-28)25(42-29(38)21(5)34-7)15-26(37)36(8)23-14-22(12-17)13-18(2)27(23)33/h9-11,13-14,19-21,24-25,28,34,40H,12,15-16H2,1-8H3,(H,35,39)/b11-9+,17-10+/t19?,20?,21-,24?,25?,28?,31?,32?/m0/s1. The average Bonchev–Trinajstić information content (AvgIpc) is 3.64. The molecule has 0 spiro atoms. The molecule has 2 amide bonds. The highest BCUT2D eigenvalue weighted by Gasteiger charge is 2.64. The number of carbonyl (C=O) groups excluding carboxylic acids is 3. The predicted octanol–water partition coefficient (Wildman–Crippen LogP) is 4.20. The van der Waals surface area contributed by atoms with Gasteiger partial charge in [-0.05, 0) is 58.4 Å². The lowest BCUT2D eigenvalue weighted by Gasteiger charge is -2.41. The summed E-state index contributed by atoms with van der Waals surface area (Å²) in [5, 5.41) is 17.5. The van der Waals surface area contributed by atoms with Gasteiger partial charge in [-0.25, -0.2) is 4.79 Å². The largest absolute Gasteiger partial charge is 0.457 e. The van der Waals surface area contributed by atoms with E-state index in [9.17, 15) is 19.5 Å². The van der Waals surface area contributed by atoms with Crippen LogP contribution in [0.1, 0.15) is 58.6 Å². The molecule has 3 N–H and O–H groups in total. The van der Waals surface area contributed by atoms with Crippen molar-refractivity contribution in [3.8, 4) is 0 Å². The van der Waals surface area contributed by atoms with Crippen LogP contribution in [0.15, 0.2) is 35.9 Å².